The van der Waals surface area contributed by atoms with Crippen LogP contribution in [0.2, 0.25) is 0 Å². The van der Waals surface area contributed by atoms with Crippen LogP contribution in [0.5, 0.6) is 0 Å². The first-order chi connectivity index (χ1) is 24.2. The van der Waals surface area contributed by atoms with Gasteiger partial charge in [0.1, 0.15) is 11.2 Å². The van der Waals surface area contributed by atoms with Crippen LogP contribution in [0.15, 0.2) is 168 Å². The maximum Gasteiger partial charge on any atom is 0.164 e. The molecule has 10 rings (SSSR count). The average Bonchev–Trinajstić information content (AvgIpc) is 3.55. The van der Waals surface area contributed by atoms with Crippen molar-refractivity contribution >= 4 is 54.3 Å². The van der Waals surface area contributed by atoms with E-state index in [1.807, 2.05) is 24.3 Å². The van der Waals surface area contributed by atoms with Crippen LogP contribution in [0.4, 0.5) is 0 Å². The van der Waals surface area contributed by atoms with Crippen molar-refractivity contribution in [3.05, 3.63) is 164 Å². The molecule has 2 aromatic heterocycles. The van der Waals surface area contributed by atoms with Crippen LogP contribution in [-0.4, -0.2) is 15.0 Å². The van der Waals surface area contributed by atoms with Gasteiger partial charge in [0, 0.05) is 27.5 Å². The van der Waals surface area contributed by atoms with E-state index < -0.39 is 0 Å². The van der Waals surface area contributed by atoms with Gasteiger partial charge in [-0.2, -0.15) is 0 Å². The van der Waals surface area contributed by atoms with Gasteiger partial charge in [-0.3, -0.25) is 0 Å². The Balaban J connectivity index is 1.13. The molecule has 0 saturated heterocycles. The molecule has 0 bridgehead atoms. The Bertz CT molecular complexity index is 2900. The Morgan fingerprint density at radius 1 is 0.286 bits per heavy atom. The van der Waals surface area contributed by atoms with Gasteiger partial charge in [0.2, 0.25) is 0 Å². The highest BCUT2D eigenvalue weighted by molar-refractivity contribution is 6.05. The molecule has 0 saturated carbocycles. The van der Waals surface area contributed by atoms with Crippen molar-refractivity contribution in [1.82, 2.24) is 15.0 Å². The quantitative estimate of drug-likeness (QED) is 0.195. The Hall–Kier alpha value is -6.65. The fourth-order valence-corrected chi connectivity index (χ4v) is 6.89. The Kier molecular flexibility index (Phi) is 6.15. The van der Waals surface area contributed by atoms with Crippen LogP contribution in [-0.2, 0) is 0 Å². The van der Waals surface area contributed by atoms with Crippen molar-refractivity contribution in [2.75, 3.05) is 0 Å². The van der Waals surface area contributed by atoms with E-state index in [-0.39, 0.29) is 0 Å². The first-order valence-corrected chi connectivity index (χ1v) is 16.4. The highest BCUT2D eigenvalue weighted by Gasteiger charge is 2.15. The summed E-state index contributed by atoms with van der Waals surface area (Å²) in [5.41, 5.74) is 6.76. The molecule has 0 fully saturated rings. The molecule has 0 aliphatic carbocycles. The molecule has 0 aliphatic heterocycles. The Morgan fingerprint density at radius 3 is 1.33 bits per heavy atom. The van der Waals surface area contributed by atoms with E-state index in [0.717, 1.165) is 54.8 Å². The highest BCUT2D eigenvalue weighted by Crippen LogP contribution is 2.34. The number of fused-ring (bicyclic) bond motifs is 6. The Labute approximate surface area is 282 Å². The molecule has 4 nitrogen and oxygen atoms in total. The summed E-state index contributed by atoms with van der Waals surface area (Å²) < 4.78 is 6.24. The van der Waals surface area contributed by atoms with E-state index in [4.69, 9.17) is 19.4 Å². The molecule has 0 atom stereocenters. The van der Waals surface area contributed by atoms with Crippen LogP contribution in [0.1, 0.15) is 0 Å². The van der Waals surface area contributed by atoms with E-state index >= 15 is 0 Å². The molecule has 10 aromatic rings. The van der Waals surface area contributed by atoms with Gasteiger partial charge in [-0.1, -0.05) is 121 Å². The molecule has 2 heterocycles. The Morgan fingerprint density at radius 2 is 0.694 bits per heavy atom. The van der Waals surface area contributed by atoms with Gasteiger partial charge in [0.05, 0.1) is 0 Å². The van der Waals surface area contributed by atoms with E-state index in [1.54, 1.807) is 0 Å². The molecular formula is C45H27N3O. The molecule has 4 heteroatoms. The summed E-state index contributed by atoms with van der Waals surface area (Å²) in [4.78, 5) is 15.2. The third-order valence-corrected chi connectivity index (χ3v) is 9.46. The maximum atomic E-state index is 6.24. The zero-order chi connectivity index (χ0) is 32.3. The minimum Gasteiger partial charge on any atom is -0.456 e. The summed E-state index contributed by atoms with van der Waals surface area (Å²) in [6, 6.07) is 57.2. The fraction of sp³-hybridized carbons (Fsp3) is 0. The van der Waals surface area contributed by atoms with Gasteiger partial charge in [0.25, 0.3) is 0 Å². The summed E-state index contributed by atoms with van der Waals surface area (Å²) >= 11 is 0. The van der Waals surface area contributed by atoms with Crippen molar-refractivity contribution in [3.63, 3.8) is 0 Å². The van der Waals surface area contributed by atoms with Crippen LogP contribution in [0.25, 0.3) is 99.5 Å². The van der Waals surface area contributed by atoms with E-state index in [2.05, 4.69) is 140 Å². The third-order valence-electron chi connectivity index (χ3n) is 9.46. The molecule has 49 heavy (non-hydrogen) atoms. The van der Waals surface area contributed by atoms with Crippen LogP contribution < -0.4 is 0 Å². The van der Waals surface area contributed by atoms with Gasteiger partial charge < -0.3 is 4.42 Å². The summed E-state index contributed by atoms with van der Waals surface area (Å²) in [6.07, 6.45) is 0. The van der Waals surface area contributed by atoms with Crippen molar-refractivity contribution in [2.45, 2.75) is 0 Å². The minimum atomic E-state index is 0.598. The molecule has 8 aromatic carbocycles. The molecule has 0 amide bonds. The standard InChI is InChI=1S/C45H27N3O/c1-3-9-31-23-33(17-13-28(31)7-1)34-18-14-30-16-20-36(26-38(30)25-34)44-46-43(35-19-15-29-8-2-4-10-32(29)24-35)47-45(48-44)37-21-22-40-39-11-5-6-12-41(39)49-42(40)27-37/h1-27H. The summed E-state index contributed by atoms with van der Waals surface area (Å²) in [7, 11) is 0. The van der Waals surface area contributed by atoms with Crippen molar-refractivity contribution in [3.8, 4) is 45.3 Å². The second kappa shape index (κ2) is 11.0. The van der Waals surface area contributed by atoms with Crippen molar-refractivity contribution in [2.24, 2.45) is 0 Å². The fourth-order valence-electron chi connectivity index (χ4n) is 6.89. The van der Waals surface area contributed by atoms with Crippen molar-refractivity contribution < 1.29 is 4.42 Å². The lowest BCUT2D eigenvalue weighted by Gasteiger charge is -2.10. The lowest BCUT2D eigenvalue weighted by molar-refractivity contribution is 0.669. The molecule has 0 aliphatic rings. The van der Waals surface area contributed by atoms with Crippen molar-refractivity contribution in [1.29, 1.82) is 0 Å². The van der Waals surface area contributed by atoms with Gasteiger partial charge in [-0.25, -0.2) is 15.0 Å². The molecule has 0 N–H and O–H groups in total. The van der Waals surface area contributed by atoms with Gasteiger partial charge in [-0.05, 0) is 85.9 Å². The summed E-state index contributed by atoms with van der Waals surface area (Å²) in [5, 5.41) is 9.23. The van der Waals surface area contributed by atoms with E-state index in [9.17, 15) is 0 Å². The SMILES string of the molecule is c1ccc2cc(-c3ccc4ccc(-c5nc(-c6ccc7ccccc7c6)nc(-c6ccc7c(c6)oc6ccccc67)n5)cc4c3)ccc2c1. The van der Waals surface area contributed by atoms with Gasteiger partial charge in [-0.15, -0.1) is 0 Å². The smallest absolute Gasteiger partial charge is 0.164 e. The van der Waals surface area contributed by atoms with Crippen LogP contribution >= 0.6 is 0 Å². The zero-order valence-corrected chi connectivity index (χ0v) is 26.3. The number of furan rings is 1. The number of rotatable bonds is 4. The third kappa shape index (κ3) is 4.81. The molecule has 228 valence electrons. The number of hydrogen-bond donors (Lipinski definition) is 0. The molecule has 0 spiro atoms. The lowest BCUT2D eigenvalue weighted by atomic mass is 9.98. The number of benzene rings is 8. The zero-order valence-electron chi connectivity index (χ0n) is 26.3. The van der Waals surface area contributed by atoms with Gasteiger partial charge >= 0.3 is 0 Å². The predicted octanol–water partition coefficient (Wildman–Crippen LogP) is 11.9. The van der Waals surface area contributed by atoms with Gasteiger partial charge in [0.15, 0.2) is 17.5 Å². The summed E-state index contributed by atoms with van der Waals surface area (Å²) in [6.45, 7) is 0. The van der Waals surface area contributed by atoms with Crippen LogP contribution in [0.3, 0.4) is 0 Å². The van der Waals surface area contributed by atoms with E-state index in [0.29, 0.717) is 17.5 Å². The normalized spacial score (nSPS) is 11.7. The molecule has 0 unspecified atom stereocenters. The highest BCUT2D eigenvalue weighted by atomic mass is 16.3. The second-order valence-electron chi connectivity index (χ2n) is 12.5. The first-order valence-electron chi connectivity index (χ1n) is 16.4. The second-order valence-corrected chi connectivity index (χ2v) is 12.5. The summed E-state index contributed by atoms with van der Waals surface area (Å²) in [5.74, 6) is 1.84. The topological polar surface area (TPSA) is 51.8 Å². The number of para-hydroxylation sites is 1. The maximum absolute atomic E-state index is 6.24. The number of aromatic nitrogens is 3. The predicted molar refractivity (Wildman–Crippen MR) is 201 cm³/mol. The molecule has 0 radical (unpaired) electrons. The lowest BCUT2D eigenvalue weighted by Crippen LogP contribution is -2.00. The number of nitrogens with zero attached hydrogens (tertiary/aromatic N) is 3. The number of hydrogen-bond acceptors (Lipinski definition) is 4. The monoisotopic (exact) mass is 625 g/mol. The first kappa shape index (κ1) is 27.5. The largest absolute Gasteiger partial charge is 0.456 e. The minimum absolute atomic E-state index is 0.598. The average molecular weight is 626 g/mol. The van der Waals surface area contributed by atoms with E-state index in [1.165, 1.54) is 27.3 Å². The van der Waals surface area contributed by atoms with Crippen LogP contribution in [0, 0.1) is 0 Å². The molecular weight excluding hydrogens is 599 g/mol.